The molecule has 13 heavy (non-hydrogen) atoms. The molecule has 0 aliphatic rings. The molecule has 0 atom stereocenters. The molecule has 1 aromatic heterocycles. The van der Waals surface area contributed by atoms with Crippen LogP contribution in [0.2, 0.25) is 0 Å². The highest BCUT2D eigenvalue weighted by atomic mass is 19.3. The number of nitrogens with two attached hydrogens (primary N) is 1. The number of aromatic nitrogens is 1. The maximum atomic E-state index is 12.6. The summed E-state index contributed by atoms with van der Waals surface area (Å²) >= 11 is 0. The van der Waals surface area contributed by atoms with Crippen LogP contribution in [0.3, 0.4) is 0 Å². The Labute approximate surface area is 71.6 Å². The van der Waals surface area contributed by atoms with E-state index < -0.39 is 29.3 Å². The molecule has 0 aliphatic heterocycles. The summed E-state index contributed by atoms with van der Waals surface area (Å²) in [4.78, 5) is 3.17. The molecule has 0 saturated carbocycles. The van der Waals surface area contributed by atoms with Gasteiger partial charge >= 0.3 is 0 Å². The number of hydrogen-bond donors (Lipinski definition) is 1. The SMILES string of the molecule is N#Cc1nc(N)c(F)cc1C(F)F. The molecule has 0 aliphatic carbocycles. The zero-order valence-electron chi connectivity index (χ0n) is 6.26. The van der Waals surface area contributed by atoms with Crippen molar-refractivity contribution in [2.45, 2.75) is 6.43 Å². The van der Waals surface area contributed by atoms with Gasteiger partial charge in [-0.2, -0.15) is 5.26 Å². The lowest BCUT2D eigenvalue weighted by Gasteiger charge is -2.02. The second kappa shape index (κ2) is 3.31. The van der Waals surface area contributed by atoms with Crippen LogP contribution in [0.15, 0.2) is 6.07 Å². The predicted molar refractivity (Wildman–Crippen MR) is 38.3 cm³/mol. The van der Waals surface area contributed by atoms with Crippen LogP contribution in [0.1, 0.15) is 17.7 Å². The summed E-state index contributed by atoms with van der Waals surface area (Å²) in [6, 6.07) is 1.93. The van der Waals surface area contributed by atoms with Gasteiger partial charge in [-0.15, -0.1) is 0 Å². The van der Waals surface area contributed by atoms with E-state index in [4.69, 9.17) is 11.0 Å². The first-order valence-electron chi connectivity index (χ1n) is 3.20. The fourth-order valence-corrected chi connectivity index (χ4v) is 0.773. The first-order valence-corrected chi connectivity index (χ1v) is 3.20. The normalized spacial score (nSPS) is 10.1. The standard InChI is InChI=1S/C7H4F3N3/c8-4-1-3(6(9)10)5(2-11)13-7(4)12/h1,6H,(H2,12,13). The van der Waals surface area contributed by atoms with E-state index in [9.17, 15) is 13.2 Å². The van der Waals surface area contributed by atoms with Crippen molar-refractivity contribution in [3.8, 4) is 6.07 Å². The fourth-order valence-electron chi connectivity index (χ4n) is 0.773. The van der Waals surface area contributed by atoms with Gasteiger partial charge in [-0.1, -0.05) is 0 Å². The summed E-state index contributed by atoms with van der Waals surface area (Å²) in [5, 5.41) is 8.36. The number of anilines is 1. The van der Waals surface area contributed by atoms with Crippen LogP contribution in [-0.2, 0) is 0 Å². The van der Waals surface area contributed by atoms with Gasteiger partial charge in [-0.3, -0.25) is 0 Å². The Morgan fingerprint density at radius 1 is 1.54 bits per heavy atom. The van der Waals surface area contributed by atoms with Gasteiger partial charge in [0, 0.05) is 0 Å². The highest BCUT2D eigenvalue weighted by Gasteiger charge is 2.17. The Bertz CT molecular complexity index is 370. The fraction of sp³-hybridized carbons (Fsp3) is 0.143. The van der Waals surface area contributed by atoms with E-state index >= 15 is 0 Å². The van der Waals surface area contributed by atoms with Crippen molar-refractivity contribution in [2.24, 2.45) is 0 Å². The second-order valence-corrected chi connectivity index (χ2v) is 2.21. The van der Waals surface area contributed by atoms with Gasteiger partial charge < -0.3 is 5.73 Å². The lowest BCUT2D eigenvalue weighted by molar-refractivity contribution is 0.150. The number of nitrogens with zero attached hydrogens (tertiary/aromatic N) is 2. The Morgan fingerprint density at radius 3 is 2.62 bits per heavy atom. The summed E-state index contributed by atoms with van der Waals surface area (Å²) in [5.41, 5.74) is 3.69. The number of pyridine rings is 1. The first kappa shape index (κ1) is 9.32. The molecule has 0 aromatic carbocycles. The smallest absolute Gasteiger partial charge is 0.266 e. The molecule has 6 heteroatoms. The lowest BCUT2D eigenvalue weighted by Crippen LogP contribution is -2.02. The monoisotopic (exact) mass is 187 g/mol. The maximum Gasteiger partial charge on any atom is 0.266 e. The number of rotatable bonds is 1. The van der Waals surface area contributed by atoms with E-state index in [0.29, 0.717) is 6.07 Å². The molecule has 3 nitrogen and oxygen atoms in total. The molecular weight excluding hydrogens is 183 g/mol. The van der Waals surface area contributed by atoms with Crippen LogP contribution >= 0.6 is 0 Å². The Balaban J connectivity index is 3.35. The molecule has 0 bridgehead atoms. The maximum absolute atomic E-state index is 12.6. The van der Waals surface area contributed by atoms with Gasteiger partial charge in [0.05, 0.1) is 5.56 Å². The van der Waals surface area contributed by atoms with Crippen LogP contribution in [0.25, 0.3) is 0 Å². The molecular formula is C7H4F3N3. The zero-order chi connectivity index (χ0) is 10.0. The molecule has 0 fully saturated rings. The van der Waals surface area contributed by atoms with Crippen molar-refractivity contribution < 1.29 is 13.2 Å². The third-order valence-electron chi connectivity index (χ3n) is 1.37. The van der Waals surface area contributed by atoms with E-state index in [1.54, 1.807) is 0 Å². The van der Waals surface area contributed by atoms with Crippen molar-refractivity contribution in [3.05, 3.63) is 23.1 Å². The van der Waals surface area contributed by atoms with Gasteiger partial charge in [0.25, 0.3) is 6.43 Å². The molecule has 0 saturated heterocycles. The van der Waals surface area contributed by atoms with Gasteiger partial charge in [0.15, 0.2) is 17.3 Å². The minimum absolute atomic E-state index is 0.519. The summed E-state index contributed by atoms with van der Waals surface area (Å²) in [7, 11) is 0. The molecule has 0 unspecified atom stereocenters. The summed E-state index contributed by atoms with van der Waals surface area (Å²) in [5.74, 6) is -1.60. The molecule has 0 radical (unpaired) electrons. The molecule has 1 heterocycles. The Morgan fingerprint density at radius 2 is 2.15 bits per heavy atom. The molecule has 2 N–H and O–H groups in total. The minimum Gasteiger partial charge on any atom is -0.381 e. The quantitative estimate of drug-likeness (QED) is 0.726. The van der Waals surface area contributed by atoms with Gasteiger partial charge in [-0.05, 0) is 6.07 Å². The molecule has 68 valence electrons. The molecule has 0 amide bonds. The van der Waals surface area contributed by atoms with Crippen LogP contribution < -0.4 is 5.73 Å². The number of nitrogen functional groups attached to an aromatic ring is 1. The predicted octanol–water partition coefficient (Wildman–Crippen LogP) is 1.61. The number of nitriles is 1. The van der Waals surface area contributed by atoms with E-state index in [2.05, 4.69) is 4.98 Å². The number of hydrogen-bond acceptors (Lipinski definition) is 3. The van der Waals surface area contributed by atoms with Crippen LogP contribution in [0, 0.1) is 17.1 Å². The third kappa shape index (κ3) is 1.69. The Kier molecular flexibility index (Phi) is 2.37. The summed E-state index contributed by atoms with van der Waals surface area (Å²) in [6.07, 6.45) is -2.93. The van der Waals surface area contributed by atoms with Gasteiger partial charge in [-0.25, -0.2) is 18.2 Å². The average molecular weight is 187 g/mol. The minimum atomic E-state index is -2.93. The molecule has 1 aromatic rings. The van der Waals surface area contributed by atoms with Crippen molar-refractivity contribution >= 4 is 5.82 Å². The van der Waals surface area contributed by atoms with E-state index in [1.807, 2.05) is 0 Å². The van der Waals surface area contributed by atoms with Crippen LogP contribution in [0.4, 0.5) is 19.0 Å². The Hall–Kier alpha value is -1.77. The van der Waals surface area contributed by atoms with E-state index in [0.717, 1.165) is 0 Å². The number of halogens is 3. The topological polar surface area (TPSA) is 62.7 Å². The molecule has 1 rings (SSSR count). The van der Waals surface area contributed by atoms with E-state index in [-0.39, 0.29) is 0 Å². The van der Waals surface area contributed by atoms with Crippen LogP contribution in [0.5, 0.6) is 0 Å². The first-order chi connectivity index (χ1) is 6.06. The lowest BCUT2D eigenvalue weighted by atomic mass is 10.2. The van der Waals surface area contributed by atoms with Crippen molar-refractivity contribution in [1.29, 1.82) is 5.26 Å². The van der Waals surface area contributed by atoms with Crippen molar-refractivity contribution in [2.75, 3.05) is 5.73 Å². The second-order valence-electron chi connectivity index (χ2n) is 2.21. The number of alkyl halides is 2. The zero-order valence-corrected chi connectivity index (χ0v) is 6.26. The van der Waals surface area contributed by atoms with E-state index in [1.165, 1.54) is 6.07 Å². The van der Waals surface area contributed by atoms with Crippen molar-refractivity contribution in [3.63, 3.8) is 0 Å². The summed E-state index contributed by atoms with van der Waals surface area (Å²) in [6.45, 7) is 0. The van der Waals surface area contributed by atoms with Gasteiger partial charge in [0.1, 0.15) is 6.07 Å². The molecule has 0 spiro atoms. The highest BCUT2D eigenvalue weighted by Crippen LogP contribution is 2.23. The third-order valence-corrected chi connectivity index (χ3v) is 1.37. The van der Waals surface area contributed by atoms with Crippen molar-refractivity contribution in [1.82, 2.24) is 4.98 Å². The highest BCUT2D eigenvalue weighted by molar-refractivity contribution is 5.41. The van der Waals surface area contributed by atoms with Gasteiger partial charge in [0.2, 0.25) is 0 Å². The van der Waals surface area contributed by atoms with Crippen LogP contribution in [-0.4, -0.2) is 4.98 Å². The summed E-state index contributed by atoms with van der Waals surface area (Å²) < 4.78 is 36.9. The average Bonchev–Trinajstić information content (AvgIpc) is 2.08. The largest absolute Gasteiger partial charge is 0.381 e.